The van der Waals surface area contributed by atoms with E-state index in [0.717, 1.165) is 27.0 Å². The zero-order chi connectivity index (χ0) is 29.6. The van der Waals surface area contributed by atoms with Crippen molar-refractivity contribution in [1.29, 1.82) is 0 Å². The van der Waals surface area contributed by atoms with Crippen LogP contribution in [0.15, 0.2) is 44.6 Å². The number of phosphoric acid groups is 3. The van der Waals surface area contributed by atoms with E-state index in [2.05, 4.69) is 18.3 Å². The van der Waals surface area contributed by atoms with E-state index in [4.69, 9.17) is 19.0 Å². The monoisotopic (exact) mass is 629 g/mol. The first-order chi connectivity index (χ1) is 18.5. The van der Waals surface area contributed by atoms with Gasteiger partial charge in [0.2, 0.25) is 0 Å². The third-order valence-corrected chi connectivity index (χ3v) is 9.34. The van der Waals surface area contributed by atoms with E-state index in [-0.39, 0.29) is 12.2 Å². The Kier molecular flexibility index (Phi) is 8.53. The predicted octanol–water partition coefficient (Wildman–Crippen LogP) is -0.530. The van der Waals surface area contributed by atoms with E-state index in [1.807, 2.05) is 6.92 Å². The average molecular weight is 629 g/mol. The second kappa shape index (κ2) is 11.2. The summed E-state index contributed by atoms with van der Waals surface area (Å²) >= 11 is 0. The standard InChI is InChI=1S/C18H22N3O16P3/c1-9-2-3-12-10(6-9)11(19-35-12)7-21-14(22)4-5-20(18(21)25)17-16(24)15(23)13(34-17)8-33-39(29,30)37-40(31,32)36-38(26,27)28/h2-6,13,15-17,23-24H,7-8H2,1H3,(H,29,30)(H,31,32)(H2,26,27,28)/t13-,15+,16+,17-/m1/s1. The molecule has 220 valence electrons. The maximum atomic E-state index is 13.2. The molecule has 0 saturated carbocycles. The minimum Gasteiger partial charge on any atom is -0.387 e. The van der Waals surface area contributed by atoms with Crippen LogP contribution in [0.3, 0.4) is 0 Å². The highest BCUT2D eigenvalue weighted by molar-refractivity contribution is 7.66. The van der Waals surface area contributed by atoms with Gasteiger partial charge in [0.1, 0.15) is 24.0 Å². The number of aryl methyl sites for hydroxylation is 1. The van der Waals surface area contributed by atoms with E-state index in [1.165, 1.54) is 0 Å². The number of aromatic nitrogens is 3. The normalized spacial score (nSPS) is 24.7. The molecule has 3 aromatic rings. The van der Waals surface area contributed by atoms with Crippen molar-refractivity contribution in [2.45, 2.75) is 38.0 Å². The van der Waals surface area contributed by atoms with Gasteiger partial charge in [-0.25, -0.2) is 18.5 Å². The van der Waals surface area contributed by atoms with Crippen LogP contribution in [0.1, 0.15) is 17.5 Å². The smallest absolute Gasteiger partial charge is 0.387 e. The molecule has 6 N–H and O–H groups in total. The Labute approximate surface area is 222 Å². The number of benzene rings is 1. The molecule has 1 fully saturated rings. The summed E-state index contributed by atoms with van der Waals surface area (Å²) in [6.45, 7) is 0.412. The van der Waals surface area contributed by atoms with Crippen molar-refractivity contribution in [3.8, 4) is 0 Å². The van der Waals surface area contributed by atoms with Gasteiger partial charge in [-0.3, -0.25) is 18.5 Å². The van der Waals surface area contributed by atoms with Crippen LogP contribution in [0, 0.1) is 6.92 Å². The molecule has 1 aromatic carbocycles. The SMILES string of the molecule is Cc1ccc2onc(Cn3c(=O)ccn([C@@H]4O[C@H](COP(=O)(O)OP(=O)(O)OP(=O)(O)O)[C@H](O)[C@@H]4O)c3=O)c2c1. The number of phosphoric ester groups is 1. The number of hydrogen-bond acceptors (Lipinski definition) is 13. The van der Waals surface area contributed by atoms with Gasteiger partial charge in [-0.15, -0.1) is 0 Å². The molecule has 0 bridgehead atoms. The Morgan fingerprint density at radius 1 is 1.00 bits per heavy atom. The minimum absolute atomic E-state index is 0.262. The second-order valence-corrected chi connectivity index (χ2v) is 12.9. The maximum Gasteiger partial charge on any atom is 0.490 e. The van der Waals surface area contributed by atoms with Gasteiger partial charge in [0.25, 0.3) is 5.56 Å². The summed E-state index contributed by atoms with van der Waals surface area (Å²) in [5.41, 5.74) is -0.171. The van der Waals surface area contributed by atoms with Crippen LogP contribution in [-0.2, 0) is 38.1 Å². The topological polar surface area (TPSA) is 280 Å². The van der Waals surface area contributed by atoms with Crippen molar-refractivity contribution in [3.05, 3.63) is 62.6 Å². The summed E-state index contributed by atoms with van der Waals surface area (Å²) in [6.07, 6.45) is -5.99. The molecule has 0 amide bonds. The minimum atomic E-state index is -5.79. The lowest BCUT2D eigenvalue weighted by Gasteiger charge is -2.19. The highest BCUT2D eigenvalue weighted by Crippen LogP contribution is 2.66. The summed E-state index contributed by atoms with van der Waals surface area (Å²) in [5, 5.41) is 25.3. The van der Waals surface area contributed by atoms with Crippen LogP contribution < -0.4 is 11.2 Å². The number of hydrogen-bond donors (Lipinski definition) is 6. The largest absolute Gasteiger partial charge is 0.490 e. The molecular formula is C18H22N3O16P3. The fourth-order valence-electron chi connectivity index (χ4n) is 3.80. The molecule has 4 rings (SSSR count). The van der Waals surface area contributed by atoms with E-state index in [0.29, 0.717) is 11.0 Å². The van der Waals surface area contributed by atoms with Crippen LogP contribution in [0.5, 0.6) is 0 Å². The first-order valence-corrected chi connectivity index (χ1v) is 15.5. The first kappa shape index (κ1) is 30.6. The molecule has 0 aliphatic carbocycles. The third kappa shape index (κ3) is 6.92. The molecule has 0 radical (unpaired) electrons. The van der Waals surface area contributed by atoms with Crippen molar-refractivity contribution in [2.75, 3.05) is 6.61 Å². The van der Waals surface area contributed by atoms with E-state index >= 15 is 0 Å². The van der Waals surface area contributed by atoms with Gasteiger partial charge in [0, 0.05) is 17.6 Å². The van der Waals surface area contributed by atoms with Crippen LogP contribution in [0.4, 0.5) is 0 Å². The molecule has 2 unspecified atom stereocenters. The van der Waals surface area contributed by atoms with Crippen molar-refractivity contribution in [1.82, 2.24) is 14.3 Å². The molecule has 22 heteroatoms. The van der Waals surface area contributed by atoms with E-state index < -0.39 is 65.9 Å². The summed E-state index contributed by atoms with van der Waals surface area (Å²) in [4.78, 5) is 61.6. The van der Waals surface area contributed by atoms with E-state index in [9.17, 15) is 43.3 Å². The zero-order valence-corrected chi connectivity index (χ0v) is 22.7. The van der Waals surface area contributed by atoms with Crippen LogP contribution in [-0.4, -0.2) is 69.0 Å². The van der Waals surface area contributed by atoms with Gasteiger partial charge in [-0.2, -0.15) is 8.62 Å². The van der Waals surface area contributed by atoms with Gasteiger partial charge in [-0.1, -0.05) is 16.8 Å². The lowest BCUT2D eigenvalue weighted by atomic mass is 10.1. The van der Waals surface area contributed by atoms with Gasteiger partial charge >= 0.3 is 29.2 Å². The van der Waals surface area contributed by atoms with Crippen molar-refractivity contribution < 1.29 is 65.9 Å². The highest BCUT2D eigenvalue weighted by Gasteiger charge is 2.47. The molecule has 3 heterocycles. The molecule has 40 heavy (non-hydrogen) atoms. The number of nitrogens with zero attached hydrogens (tertiary/aromatic N) is 3. The number of rotatable bonds is 10. The van der Waals surface area contributed by atoms with Gasteiger partial charge < -0.3 is 39.0 Å². The van der Waals surface area contributed by atoms with Gasteiger partial charge in [0.05, 0.1) is 13.2 Å². The Morgan fingerprint density at radius 2 is 1.70 bits per heavy atom. The highest BCUT2D eigenvalue weighted by atomic mass is 31.3. The Hall–Kier alpha value is -2.34. The lowest BCUT2D eigenvalue weighted by molar-refractivity contribution is -0.0547. The maximum absolute atomic E-state index is 13.2. The number of aliphatic hydroxyl groups excluding tert-OH is 2. The quantitative estimate of drug-likeness (QED) is 0.154. The van der Waals surface area contributed by atoms with Crippen LogP contribution in [0.2, 0.25) is 0 Å². The summed E-state index contributed by atoms with van der Waals surface area (Å²) in [5.74, 6) is 0. The van der Waals surface area contributed by atoms with Crippen molar-refractivity contribution >= 4 is 34.4 Å². The fraction of sp³-hybridized carbons (Fsp3) is 0.389. The molecule has 1 aliphatic heterocycles. The molecule has 1 aliphatic rings. The summed E-state index contributed by atoms with van der Waals surface area (Å²) in [7, 11) is -17.0. The van der Waals surface area contributed by atoms with E-state index in [1.54, 1.807) is 18.2 Å². The number of ether oxygens (including phenoxy) is 1. The fourth-order valence-corrected chi connectivity index (χ4v) is 6.83. The molecule has 6 atom stereocenters. The zero-order valence-electron chi connectivity index (χ0n) is 20.1. The Morgan fingerprint density at radius 3 is 2.38 bits per heavy atom. The van der Waals surface area contributed by atoms with Crippen molar-refractivity contribution in [3.63, 3.8) is 0 Å². The predicted molar refractivity (Wildman–Crippen MR) is 129 cm³/mol. The van der Waals surface area contributed by atoms with Gasteiger partial charge in [-0.05, 0) is 19.1 Å². The van der Waals surface area contributed by atoms with Gasteiger partial charge in [0.15, 0.2) is 11.8 Å². The van der Waals surface area contributed by atoms with Crippen LogP contribution in [0.25, 0.3) is 11.0 Å². The lowest BCUT2D eigenvalue weighted by Crippen LogP contribution is -2.43. The molecule has 0 spiro atoms. The van der Waals surface area contributed by atoms with Crippen molar-refractivity contribution in [2.24, 2.45) is 0 Å². The summed E-state index contributed by atoms with van der Waals surface area (Å²) < 4.78 is 57.9. The molecule has 2 aromatic heterocycles. The average Bonchev–Trinajstić information content (AvgIpc) is 3.33. The van der Waals surface area contributed by atoms with Crippen LogP contribution >= 0.6 is 23.5 Å². The Balaban J connectivity index is 1.51. The Bertz CT molecular complexity index is 1680. The molecule has 1 saturated heterocycles. The third-order valence-electron chi connectivity index (χ3n) is 5.53. The molecular weight excluding hydrogens is 607 g/mol. The number of aliphatic hydroxyl groups is 2. The second-order valence-electron chi connectivity index (χ2n) is 8.49. The molecule has 19 nitrogen and oxygen atoms in total. The first-order valence-electron chi connectivity index (χ1n) is 10.9. The number of fused-ring (bicyclic) bond motifs is 1. The summed E-state index contributed by atoms with van der Waals surface area (Å²) in [6, 6.07) is 6.18.